The van der Waals surface area contributed by atoms with E-state index in [-0.39, 0.29) is 17.4 Å². The van der Waals surface area contributed by atoms with Crippen LogP contribution in [0.3, 0.4) is 0 Å². The minimum atomic E-state index is -3.51. The molecule has 1 heterocycles. The molecule has 3 rings (SSSR count). The first-order valence-electron chi connectivity index (χ1n) is 9.13. The third kappa shape index (κ3) is 4.89. The quantitative estimate of drug-likeness (QED) is 0.712. The van der Waals surface area contributed by atoms with Crippen molar-refractivity contribution < 1.29 is 22.7 Å². The number of nitrogens with one attached hydrogen (secondary N) is 1. The van der Waals surface area contributed by atoms with Crippen molar-refractivity contribution in [3.05, 3.63) is 59.7 Å². The molecule has 0 bridgehead atoms. The molecule has 2 aromatic carbocycles. The number of carbonyl (C=O) groups excluding carboxylic acids is 1. The second-order valence-corrected chi connectivity index (χ2v) is 8.35. The number of sulfonamides is 1. The lowest BCUT2D eigenvalue weighted by atomic mass is 10.1. The summed E-state index contributed by atoms with van der Waals surface area (Å²) in [6.45, 7) is 4.07. The Labute approximate surface area is 165 Å². The molecule has 1 aliphatic rings. The lowest BCUT2D eigenvalue weighted by Gasteiger charge is -2.26. The maximum Gasteiger partial charge on any atom is 0.251 e. The van der Waals surface area contributed by atoms with Crippen molar-refractivity contribution in [3.8, 4) is 5.75 Å². The fourth-order valence-electron chi connectivity index (χ4n) is 2.90. The average molecular weight is 404 g/mol. The molecule has 1 amide bonds. The Kier molecular flexibility index (Phi) is 6.66. The standard InChI is InChI=1S/C20H24N2O5S/c1-16-4-2-3-5-19(16)20(23)21-10-13-27-17-6-8-18(9-7-17)28(24,25)22-11-14-26-15-12-22/h2-9H,10-15H2,1H3,(H,21,23). The zero-order valence-electron chi connectivity index (χ0n) is 15.8. The van der Waals surface area contributed by atoms with Crippen LogP contribution in [0.4, 0.5) is 0 Å². The van der Waals surface area contributed by atoms with Gasteiger partial charge in [-0.1, -0.05) is 18.2 Å². The van der Waals surface area contributed by atoms with E-state index in [0.717, 1.165) is 5.56 Å². The van der Waals surface area contributed by atoms with Crippen LogP contribution in [-0.2, 0) is 14.8 Å². The summed E-state index contributed by atoms with van der Waals surface area (Å²) in [7, 11) is -3.51. The highest BCUT2D eigenvalue weighted by Gasteiger charge is 2.26. The topological polar surface area (TPSA) is 84.9 Å². The SMILES string of the molecule is Cc1ccccc1C(=O)NCCOc1ccc(S(=O)(=O)N2CCOCC2)cc1. The van der Waals surface area contributed by atoms with Gasteiger partial charge in [-0.15, -0.1) is 0 Å². The van der Waals surface area contributed by atoms with E-state index in [1.165, 1.54) is 16.4 Å². The maximum absolute atomic E-state index is 12.6. The molecular weight excluding hydrogens is 380 g/mol. The van der Waals surface area contributed by atoms with Gasteiger partial charge >= 0.3 is 0 Å². The molecule has 150 valence electrons. The van der Waals surface area contributed by atoms with E-state index in [1.54, 1.807) is 18.2 Å². The van der Waals surface area contributed by atoms with Crippen molar-refractivity contribution in [1.82, 2.24) is 9.62 Å². The van der Waals surface area contributed by atoms with E-state index in [9.17, 15) is 13.2 Å². The predicted octanol–water partition coefficient (Wildman–Crippen LogP) is 1.82. The van der Waals surface area contributed by atoms with Gasteiger partial charge in [0.15, 0.2) is 0 Å². The van der Waals surface area contributed by atoms with Crippen LogP contribution in [0.25, 0.3) is 0 Å². The fraction of sp³-hybridized carbons (Fsp3) is 0.350. The average Bonchev–Trinajstić information content (AvgIpc) is 2.72. The normalized spacial score (nSPS) is 15.2. The van der Waals surface area contributed by atoms with Crippen molar-refractivity contribution in [2.45, 2.75) is 11.8 Å². The number of nitrogens with zero attached hydrogens (tertiary/aromatic N) is 1. The highest BCUT2D eigenvalue weighted by atomic mass is 32.2. The molecule has 7 nitrogen and oxygen atoms in total. The molecular formula is C20H24N2O5S. The Morgan fingerprint density at radius 3 is 2.46 bits per heavy atom. The van der Waals surface area contributed by atoms with Gasteiger partial charge in [0.05, 0.1) is 24.7 Å². The second kappa shape index (κ2) is 9.18. The summed E-state index contributed by atoms with van der Waals surface area (Å²) >= 11 is 0. The monoisotopic (exact) mass is 404 g/mol. The van der Waals surface area contributed by atoms with Crippen molar-refractivity contribution in [3.63, 3.8) is 0 Å². The van der Waals surface area contributed by atoms with Crippen LogP contribution in [0.5, 0.6) is 5.75 Å². The first kappa shape index (κ1) is 20.3. The van der Waals surface area contributed by atoms with E-state index in [2.05, 4.69) is 5.32 Å². The number of aryl methyl sites for hydroxylation is 1. The Balaban J connectivity index is 1.49. The highest BCUT2D eigenvalue weighted by Crippen LogP contribution is 2.20. The van der Waals surface area contributed by atoms with E-state index in [0.29, 0.717) is 44.2 Å². The van der Waals surface area contributed by atoms with Gasteiger partial charge in [0.25, 0.3) is 5.91 Å². The summed E-state index contributed by atoms with van der Waals surface area (Å²) in [6, 6.07) is 13.7. The number of ether oxygens (including phenoxy) is 2. The van der Waals surface area contributed by atoms with E-state index >= 15 is 0 Å². The van der Waals surface area contributed by atoms with Crippen LogP contribution in [0.15, 0.2) is 53.4 Å². The van der Waals surface area contributed by atoms with Gasteiger partial charge in [-0.2, -0.15) is 4.31 Å². The first-order valence-corrected chi connectivity index (χ1v) is 10.6. The summed E-state index contributed by atoms with van der Waals surface area (Å²) in [5.74, 6) is 0.403. The van der Waals surface area contributed by atoms with Crippen LogP contribution < -0.4 is 10.1 Å². The van der Waals surface area contributed by atoms with Crippen LogP contribution in [0.2, 0.25) is 0 Å². The van der Waals surface area contributed by atoms with E-state index in [4.69, 9.17) is 9.47 Å². The number of amides is 1. The molecule has 0 unspecified atom stereocenters. The largest absolute Gasteiger partial charge is 0.492 e. The van der Waals surface area contributed by atoms with Gasteiger partial charge in [0, 0.05) is 18.7 Å². The molecule has 0 radical (unpaired) electrons. The molecule has 2 aromatic rings. The summed E-state index contributed by atoms with van der Waals surface area (Å²) in [5.41, 5.74) is 1.55. The van der Waals surface area contributed by atoms with Gasteiger partial charge in [0.1, 0.15) is 12.4 Å². The van der Waals surface area contributed by atoms with Crippen LogP contribution in [-0.4, -0.2) is 58.1 Å². The third-order valence-electron chi connectivity index (χ3n) is 4.48. The van der Waals surface area contributed by atoms with Gasteiger partial charge in [-0.05, 0) is 42.8 Å². The Morgan fingerprint density at radius 2 is 1.79 bits per heavy atom. The molecule has 0 spiro atoms. The maximum atomic E-state index is 12.6. The molecule has 8 heteroatoms. The summed E-state index contributed by atoms with van der Waals surface area (Å²) in [6.07, 6.45) is 0. The van der Waals surface area contributed by atoms with Crippen LogP contribution in [0.1, 0.15) is 15.9 Å². The smallest absolute Gasteiger partial charge is 0.251 e. The fourth-order valence-corrected chi connectivity index (χ4v) is 4.31. The van der Waals surface area contributed by atoms with Gasteiger partial charge in [0.2, 0.25) is 10.0 Å². The van der Waals surface area contributed by atoms with Gasteiger partial charge < -0.3 is 14.8 Å². The Morgan fingerprint density at radius 1 is 1.11 bits per heavy atom. The van der Waals surface area contributed by atoms with Crippen molar-refractivity contribution in [2.24, 2.45) is 0 Å². The number of hydrogen-bond donors (Lipinski definition) is 1. The Bertz CT molecular complexity index is 906. The van der Waals surface area contributed by atoms with Crippen LogP contribution in [0, 0.1) is 6.92 Å². The molecule has 0 aliphatic carbocycles. The zero-order valence-corrected chi connectivity index (χ0v) is 16.6. The molecule has 1 saturated heterocycles. The predicted molar refractivity (Wildman–Crippen MR) is 105 cm³/mol. The number of rotatable bonds is 7. The minimum Gasteiger partial charge on any atom is -0.492 e. The molecule has 1 N–H and O–H groups in total. The first-order chi connectivity index (χ1) is 13.5. The minimum absolute atomic E-state index is 0.145. The molecule has 1 aliphatic heterocycles. The molecule has 28 heavy (non-hydrogen) atoms. The lowest BCUT2D eigenvalue weighted by molar-refractivity contribution is 0.0730. The summed E-state index contributed by atoms with van der Waals surface area (Å²) < 4.78 is 37.4. The van der Waals surface area contributed by atoms with Crippen molar-refractivity contribution in [2.75, 3.05) is 39.5 Å². The number of benzene rings is 2. The molecule has 1 fully saturated rings. The van der Waals surface area contributed by atoms with E-state index in [1.807, 2.05) is 25.1 Å². The molecule has 0 aromatic heterocycles. The van der Waals surface area contributed by atoms with Crippen molar-refractivity contribution >= 4 is 15.9 Å². The molecule has 0 atom stereocenters. The third-order valence-corrected chi connectivity index (χ3v) is 6.39. The summed E-state index contributed by atoms with van der Waals surface area (Å²) in [5, 5.41) is 2.81. The lowest BCUT2D eigenvalue weighted by Crippen LogP contribution is -2.40. The zero-order chi connectivity index (χ0) is 20.0. The Hall–Kier alpha value is -2.42. The van der Waals surface area contributed by atoms with Gasteiger partial charge in [-0.25, -0.2) is 8.42 Å². The number of morpholine rings is 1. The number of carbonyl (C=O) groups is 1. The summed E-state index contributed by atoms with van der Waals surface area (Å²) in [4.78, 5) is 12.4. The highest BCUT2D eigenvalue weighted by molar-refractivity contribution is 7.89. The van der Waals surface area contributed by atoms with Crippen molar-refractivity contribution in [1.29, 1.82) is 0 Å². The van der Waals surface area contributed by atoms with Gasteiger partial charge in [-0.3, -0.25) is 4.79 Å². The van der Waals surface area contributed by atoms with Crippen LogP contribution >= 0.6 is 0 Å². The molecule has 0 saturated carbocycles. The number of hydrogen-bond acceptors (Lipinski definition) is 5. The second-order valence-electron chi connectivity index (χ2n) is 6.41. The van der Waals surface area contributed by atoms with E-state index < -0.39 is 10.0 Å².